The molecule has 5 nitrogen and oxygen atoms in total. The van der Waals surface area contributed by atoms with Crippen molar-refractivity contribution in [2.24, 2.45) is 0 Å². The molecule has 2 aromatic heterocycles. The average Bonchev–Trinajstić information content (AvgIpc) is 2.82. The first-order chi connectivity index (χ1) is 11.0. The number of hydrogen-bond donors (Lipinski definition) is 1. The number of aryl methyl sites for hydroxylation is 2. The van der Waals surface area contributed by atoms with Crippen molar-refractivity contribution in [3.63, 3.8) is 0 Å². The minimum Gasteiger partial charge on any atom is -0.465 e. The first kappa shape index (κ1) is 16.5. The Morgan fingerprint density at radius 1 is 1.39 bits per heavy atom. The molecule has 0 bridgehead atoms. The largest absolute Gasteiger partial charge is 0.465 e. The molecule has 1 N–H and O–H groups in total. The molecule has 0 unspecified atom stereocenters. The van der Waals surface area contributed by atoms with E-state index in [1.165, 1.54) is 37.7 Å². The number of thioether (sulfide) groups is 1. The number of carbonyl (C=O) groups is 1. The Kier molecular flexibility index (Phi) is 4.51. The predicted octanol–water partition coefficient (Wildman–Crippen LogP) is 3.79. The fourth-order valence-electron chi connectivity index (χ4n) is 2.93. The van der Waals surface area contributed by atoms with Gasteiger partial charge in [-0.1, -0.05) is 6.42 Å². The van der Waals surface area contributed by atoms with Gasteiger partial charge in [0.05, 0.1) is 12.5 Å². The second-order valence-electron chi connectivity index (χ2n) is 5.94. The number of carbonyl (C=O) groups excluding carboxylic acids is 1. The summed E-state index contributed by atoms with van der Waals surface area (Å²) in [6.07, 6.45) is 5.95. The van der Waals surface area contributed by atoms with Gasteiger partial charge in [-0.2, -0.15) is 11.8 Å². The molecule has 0 spiro atoms. The summed E-state index contributed by atoms with van der Waals surface area (Å²) >= 11 is 3.30. The lowest BCUT2D eigenvalue weighted by atomic mass is 9.84. The number of nitrogens with one attached hydrogen (secondary N) is 1. The van der Waals surface area contributed by atoms with Crippen LogP contribution >= 0.6 is 23.1 Å². The van der Waals surface area contributed by atoms with E-state index in [1.807, 2.05) is 25.6 Å². The molecule has 1 saturated carbocycles. The van der Waals surface area contributed by atoms with Gasteiger partial charge >= 0.3 is 5.97 Å². The standard InChI is InChI=1S/C16H21N3O2S2/c1-9-11-13(17-8-16(22-4)6-5-7-16)18-10(2)19-14(11)23-12(9)15(20)21-3/h5-8H2,1-4H3,(H,17,18,19). The van der Waals surface area contributed by atoms with Crippen molar-refractivity contribution in [2.45, 2.75) is 37.9 Å². The van der Waals surface area contributed by atoms with Crippen LogP contribution in [0.4, 0.5) is 5.82 Å². The van der Waals surface area contributed by atoms with Crippen LogP contribution in [-0.4, -0.2) is 40.6 Å². The molecule has 1 aliphatic carbocycles. The van der Waals surface area contributed by atoms with E-state index in [-0.39, 0.29) is 5.97 Å². The molecule has 0 atom stereocenters. The maximum atomic E-state index is 11.9. The van der Waals surface area contributed by atoms with Crippen LogP contribution in [0.2, 0.25) is 0 Å². The minimum absolute atomic E-state index is 0.311. The van der Waals surface area contributed by atoms with E-state index in [9.17, 15) is 4.79 Å². The highest BCUT2D eigenvalue weighted by atomic mass is 32.2. The Morgan fingerprint density at radius 2 is 2.13 bits per heavy atom. The fraction of sp³-hybridized carbons (Fsp3) is 0.562. The summed E-state index contributed by atoms with van der Waals surface area (Å²) < 4.78 is 5.19. The summed E-state index contributed by atoms with van der Waals surface area (Å²) in [5.41, 5.74) is 0.895. The van der Waals surface area contributed by atoms with Gasteiger partial charge in [0.1, 0.15) is 21.3 Å². The van der Waals surface area contributed by atoms with Crippen molar-refractivity contribution in [3.05, 3.63) is 16.3 Å². The van der Waals surface area contributed by atoms with Gasteiger partial charge in [-0.3, -0.25) is 0 Å². The lowest BCUT2D eigenvalue weighted by molar-refractivity contribution is 0.0605. The molecule has 1 aliphatic rings. The normalized spacial score (nSPS) is 16.2. The van der Waals surface area contributed by atoms with Gasteiger partial charge < -0.3 is 10.1 Å². The average molecular weight is 351 g/mol. The molecular weight excluding hydrogens is 330 g/mol. The summed E-state index contributed by atoms with van der Waals surface area (Å²) in [5.74, 6) is 1.23. The third kappa shape index (κ3) is 2.92. The van der Waals surface area contributed by atoms with Gasteiger partial charge in [-0.05, 0) is 38.5 Å². The first-order valence-corrected chi connectivity index (χ1v) is 9.69. The van der Waals surface area contributed by atoms with Gasteiger partial charge in [0.25, 0.3) is 0 Å². The van der Waals surface area contributed by atoms with Gasteiger partial charge in [-0.25, -0.2) is 14.8 Å². The van der Waals surface area contributed by atoms with Crippen molar-refractivity contribution in [2.75, 3.05) is 25.2 Å². The van der Waals surface area contributed by atoms with Crippen molar-refractivity contribution in [1.82, 2.24) is 9.97 Å². The Bertz CT molecular complexity index is 748. The summed E-state index contributed by atoms with van der Waals surface area (Å²) in [6, 6.07) is 0. The molecule has 0 aliphatic heterocycles. The number of thiophene rings is 1. The fourth-order valence-corrected chi connectivity index (χ4v) is 4.99. The van der Waals surface area contributed by atoms with E-state index in [0.29, 0.717) is 15.4 Å². The Morgan fingerprint density at radius 3 is 2.70 bits per heavy atom. The van der Waals surface area contributed by atoms with Crippen LogP contribution in [0, 0.1) is 13.8 Å². The van der Waals surface area contributed by atoms with E-state index in [0.717, 1.165) is 28.1 Å². The van der Waals surface area contributed by atoms with Crippen LogP contribution in [0.25, 0.3) is 10.2 Å². The van der Waals surface area contributed by atoms with E-state index >= 15 is 0 Å². The summed E-state index contributed by atoms with van der Waals surface area (Å²) in [5, 5.41) is 4.46. The van der Waals surface area contributed by atoms with E-state index in [2.05, 4.69) is 21.5 Å². The Hall–Kier alpha value is -1.34. The highest BCUT2D eigenvalue weighted by molar-refractivity contribution is 8.00. The predicted molar refractivity (Wildman–Crippen MR) is 96.8 cm³/mol. The maximum Gasteiger partial charge on any atom is 0.348 e. The number of ether oxygens (including phenoxy) is 1. The minimum atomic E-state index is -0.311. The smallest absolute Gasteiger partial charge is 0.348 e. The number of fused-ring (bicyclic) bond motifs is 1. The highest BCUT2D eigenvalue weighted by Gasteiger charge is 2.36. The molecule has 3 rings (SSSR count). The van der Waals surface area contributed by atoms with Crippen molar-refractivity contribution < 1.29 is 9.53 Å². The number of methoxy groups -OCH3 is 1. The molecule has 23 heavy (non-hydrogen) atoms. The summed E-state index contributed by atoms with van der Waals surface area (Å²) in [6.45, 7) is 4.70. The van der Waals surface area contributed by atoms with Crippen LogP contribution in [0.15, 0.2) is 0 Å². The lowest BCUT2D eigenvalue weighted by Gasteiger charge is -2.40. The third-order valence-corrected chi connectivity index (χ3v) is 7.13. The van der Waals surface area contributed by atoms with Crippen LogP contribution < -0.4 is 5.32 Å². The Labute approximate surface area is 144 Å². The molecule has 1 fully saturated rings. The molecule has 2 aromatic rings. The Balaban J connectivity index is 1.98. The number of anilines is 1. The molecule has 0 saturated heterocycles. The van der Waals surface area contributed by atoms with Crippen LogP contribution in [0.5, 0.6) is 0 Å². The van der Waals surface area contributed by atoms with Gasteiger partial charge in [0.15, 0.2) is 0 Å². The molecule has 0 amide bonds. The third-order valence-electron chi connectivity index (χ3n) is 4.55. The number of hydrogen-bond acceptors (Lipinski definition) is 7. The zero-order valence-corrected chi connectivity index (χ0v) is 15.5. The quantitative estimate of drug-likeness (QED) is 0.827. The maximum absolute atomic E-state index is 11.9. The van der Waals surface area contributed by atoms with Crippen molar-refractivity contribution in [3.8, 4) is 0 Å². The van der Waals surface area contributed by atoms with Gasteiger partial charge in [0.2, 0.25) is 0 Å². The molecule has 0 aromatic carbocycles. The summed E-state index contributed by atoms with van der Waals surface area (Å²) in [4.78, 5) is 22.4. The molecule has 2 heterocycles. The SMILES string of the molecule is COC(=O)c1sc2nc(C)nc(NCC3(SC)CCC3)c2c1C. The van der Waals surface area contributed by atoms with E-state index in [4.69, 9.17) is 4.74 Å². The zero-order valence-electron chi connectivity index (χ0n) is 13.9. The monoisotopic (exact) mass is 351 g/mol. The number of rotatable bonds is 5. The topological polar surface area (TPSA) is 64.1 Å². The highest BCUT2D eigenvalue weighted by Crippen LogP contribution is 2.43. The zero-order chi connectivity index (χ0) is 16.6. The van der Waals surface area contributed by atoms with Crippen LogP contribution in [0.3, 0.4) is 0 Å². The van der Waals surface area contributed by atoms with Crippen LogP contribution in [-0.2, 0) is 4.74 Å². The second kappa shape index (κ2) is 6.28. The van der Waals surface area contributed by atoms with Crippen molar-refractivity contribution in [1.29, 1.82) is 0 Å². The second-order valence-corrected chi connectivity index (χ2v) is 8.21. The summed E-state index contributed by atoms with van der Waals surface area (Å²) in [7, 11) is 1.40. The molecule has 7 heteroatoms. The molecule has 124 valence electrons. The van der Waals surface area contributed by atoms with Crippen LogP contribution in [0.1, 0.15) is 40.3 Å². The number of nitrogens with zero attached hydrogens (tertiary/aromatic N) is 2. The van der Waals surface area contributed by atoms with E-state index in [1.54, 1.807) is 0 Å². The van der Waals surface area contributed by atoms with Gasteiger partial charge in [-0.15, -0.1) is 11.3 Å². The molecule has 0 radical (unpaired) electrons. The number of esters is 1. The molecular formula is C16H21N3O2S2. The first-order valence-electron chi connectivity index (χ1n) is 7.65. The number of aromatic nitrogens is 2. The van der Waals surface area contributed by atoms with Gasteiger partial charge in [0, 0.05) is 11.3 Å². The van der Waals surface area contributed by atoms with E-state index < -0.39 is 0 Å². The van der Waals surface area contributed by atoms with Crippen molar-refractivity contribution >= 4 is 45.1 Å². The lowest BCUT2D eigenvalue weighted by Crippen LogP contribution is -2.40.